The minimum absolute atomic E-state index is 0. The number of anilines is 1. The van der Waals surface area contributed by atoms with Gasteiger partial charge in [0, 0.05) is 32.4 Å². The maximum absolute atomic E-state index is 5.76. The summed E-state index contributed by atoms with van der Waals surface area (Å²) < 4.78 is 5.76. The third kappa shape index (κ3) is 7.60. The van der Waals surface area contributed by atoms with Gasteiger partial charge in [-0.15, -0.1) is 24.0 Å². The number of nitrogens with one attached hydrogen (secondary N) is 2. The van der Waals surface area contributed by atoms with Crippen LogP contribution in [0.3, 0.4) is 0 Å². The number of hydrogen-bond acceptors (Lipinski definition) is 5. The summed E-state index contributed by atoms with van der Waals surface area (Å²) in [7, 11) is 0. The van der Waals surface area contributed by atoms with E-state index in [4.69, 9.17) is 9.41 Å². The predicted molar refractivity (Wildman–Crippen MR) is 145 cm³/mol. The number of rotatable bonds is 8. The molecule has 0 radical (unpaired) electrons. The molecule has 2 aromatic rings. The standard InChI is InChI=1S/C25H38N6O.HI/c1-2-26-25(29-20-22(23-10-9-17-32-23)30-13-7-8-14-30)28-19-21-11-12-27-24(18-21)31-15-5-3-4-6-16-31;/h9-12,17-18,22H,2-8,13-16,19-20H2,1H3,(H2,26,28,29);1H. The van der Waals surface area contributed by atoms with Gasteiger partial charge in [0.15, 0.2) is 5.96 Å². The monoisotopic (exact) mass is 566 g/mol. The van der Waals surface area contributed by atoms with Crippen LogP contribution in [-0.4, -0.2) is 55.1 Å². The summed E-state index contributed by atoms with van der Waals surface area (Å²) in [5, 5.41) is 6.95. The van der Waals surface area contributed by atoms with Gasteiger partial charge in [-0.2, -0.15) is 0 Å². The fourth-order valence-corrected chi connectivity index (χ4v) is 4.68. The van der Waals surface area contributed by atoms with Crippen molar-refractivity contribution in [2.75, 3.05) is 44.2 Å². The SMILES string of the molecule is CCNC(=NCc1ccnc(N2CCCCCC2)c1)NCC(c1ccco1)N1CCCC1.I. The lowest BCUT2D eigenvalue weighted by Crippen LogP contribution is -2.42. The van der Waals surface area contributed by atoms with Crippen molar-refractivity contribution in [2.24, 2.45) is 4.99 Å². The van der Waals surface area contributed by atoms with Gasteiger partial charge in [-0.25, -0.2) is 9.98 Å². The molecule has 0 spiro atoms. The van der Waals surface area contributed by atoms with Gasteiger partial charge in [0.1, 0.15) is 11.6 Å². The molecule has 2 aromatic heterocycles. The predicted octanol–water partition coefficient (Wildman–Crippen LogP) is 4.57. The van der Waals surface area contributed by atoms with E-state index in [9.17, 15) is 0 Å². The molecule has 0 bridgehead atoms. The molecule has 0 amide bonds. The molecule has 0 aromatic carbocycles. The van der Waals surface area contributed by atoms with Gasteiger partial charge in [-0.05, 0) is 75.5 Å². The van der Waals surface area contributed by atoms with E-state index >= 15 is 0 Å². The van der Waals surface area contributed by atoms with E-state index in [1.54, 1.807) is 6.26 Å². The normalized spacial score (nSPS) is 18.5. The first kappa shape index (κ1) is 25.8. The zero-order chi connectivity index (χ0) is 22.0. The van der Waals surface area contributed by atoms with Crippen molar-refractivity contribution in [3.8, 4) is 0 Å². The highest BCUT2D eigenvalue weighted by molar-refractivity contribution is 14.0. The van der Waals surface area contributed by atoms with Crippen LogP contribution in [0.25, 0.3) is 0 Å². The molecule has 182 valence electrons. The number of halogens is 1. The fourth-order valence-electron chi connectivity index (χ4n) is 4.68. The van der Waals surface area contributed by atoms with E-state index in [2.05, 4.69) is 50.5 Å². The fraction of sp³-hybridized carbons (Fsp3) is 0.600. The molecule has 0 saturated carbocycles. The number of pyridine rings is 1. The lowest BCUT2D eigenvalue weighted by molar-refractivity contribution is 0.215. The highest BCUT2D eigenvalue weighted by atomic mass is 127. The topological polar surface area (TPSA) is 68.9 Å². The number of guanidine groups is 1. The molecule has 7 nitrogen and oxygen atoms in total. The van der Waals surface area contributed by atoms with E-state index in [0.717, 1.165) is 56.8 Å². The van der Waals surface area contributed by atoms with E-state index in [1.807, 2.05) is 12.3 Å². The lowest BCUT2D eigenvalue weighted by atomic mass is 10.2. The van der Waals surface area contributed by atoms with Crippen LogP contribution in [0.4, 0.5) is 5.82 Å². The number of aliphatic imine (C=N–C) groups is 1. The summed E-state index contributed by atoms with van der Waals surface area (Å²) in [5.41, 5.74) is 1.19. The van der Waals surface area contributed by atoms with Crippen LogP contribution in [0, 0.1) is 0 Å². The first-order chi connectivity index (χ1) is 15.8. The van der Waals surface area contributed by atoms with Crippen LogP contribution in [0.15, 0.2) is 46.1 Å². The van der Waals surface area contributed by atoms with Gasteiger partial charge in [-0.3, -0.25) is 4.90 Å². The Morgan fingerprint density at radius 1 is 1.06 bits per heavy atom. The smallest absolute Gasteiger partial charge is 0.191 e. The first-order valence-electron chi connectivity index (χ1n) is 12.3. The molecule has 0 aliphatic carbocycles. The Labute approximate surface area is 215 Å². The molecule has 4 heterocycles. The minimum Gasteiger partial charge on any atom is -0.468 e. The molecule has 8 heteroatoms. The summed E-state index contributed by atoms with van der Waals surface area (Å²) in [6, 6.07) is 8.56. The Morgan fingerprint density at radius 2 is 1.82 bits per heavy atom. The first-order valence-corrected chi connectivity index (χ1v) is 12.3. The van der Waals surface area contributed by atoms with E-state index < -0.39 is 0 Å². The summed E-state index contributed by atoms with van der Waals surface area (Å²) in [6.07, 6.45) is 11.4. The maximum atomic E-state index is 5.76. The number of aromatic nitrogens is 1. The third-order valence-corrected chi connectivity index (χ3v) is 6.42. The third-order valence-electron chi connectivity index (χ3n) is 6.42. The average molecular weight is 567 g/mol. The lowest BCUT2D eigenvalue weighted by Gasteiger charge is -2.26. The molecule has 2 fully saturated rings. The number of nitrogens with zero attached hydrogens (tertiary/aromatic N) is 4. The van der Waals surface area contributed by atoms with Gasteiger partial charge in [0.25, 0.3) is 0 Å². The molecule has 4 rings (SSSR count). The Kier molecular flexibility index (Phi) is 10.8. The van der Waals surface area contributed by atoms with Gasteiger partial charge in [-0.1, -0.05) is 12.8 Å². The van der Waals surface area contributed by atoms with E-state index in [0.29, 0.717) is 6.54 Å². The molecule has 33 heavy (non-hydrogen) atoms. The molecular weight excluding hydrogens is 527 g/mol. The Balaban J connectivity index is 0.00000306. The molecule has 2 N–H and O–H groups in total. The number of hydrogen-bond donors (Lipinski definition) is 2. The van der Waals surface area contributed by atoms with Crippen molar-refractivity contribution in [1.82, 2.24) is 20.5 Å². The number of furan rings is 1. The van der Waals surface area contributed by atoms with Crippen molar-refractivity contribution in [1.29, 1.82) is 0 Å². The van der Waals surface area contributed by atoms with Crippen LogP contribution in [0.1, 0.15) is 62.8 Å². The van der Waals surface area contributed by atoms with Crippen LogP contribution in [-0.2, 0) is 6.54 Å². The molecule has 1 atom stereocenters. The highest BCUT2D eigenvalue weighted by Gasteiger charge is 2.25. The van der Waals surface area contributed by atoms with Crippen molar-refractivity contribution in [2.45, 2.75) is 58.0 Å². The zero-order valence-corrected chi connectivity index (χ0v) is 22.2. The minimum atomic E-state index is 0. The summed E-state index contributed by atoms with van der Waals surface area (Å²) >= 11 is 0. The second-order valence-corrected chi connectivity index (χ2v) is 8.77. The van der Waals surface area contributed by atoms with E-state index in [1.165, 1.54) is 44.1 Å². The van der Waals surface area contributed by atoms with Gasteiger partial charge >= 0.3 is 0 Å². The highest BCUT2D eigenvalue weighted by Crippen LogP contribution is 2.25. The van der Waals surface area contributed by atoms with Gasteiger partial charge < -0.3 is 20.0 Å². The molecule has 2 aliphatic heterocycles. The van der Waals surface area contributed by atoms with Crippen molar-refractivity contribution < 1.29 is 4.42 Å². The summed E-state index contributed by atoms with van der Waals surface area (Å²) in [5.74, 6) is 2.95. The Hall–Kier alpha value is -1.81. The summed E-state index contributed by atoms with van der Waals surface area (Å²) in [6.45, 7) is 8.79. The Morgan fingerprint density at radius 3 is 2.52 bits per heavy atom. The van der Waals surface area contributed by atoms with Crippen molar-refractivity contribution >= 4 is 35.8 Å². The van der Waals surface area contributed by atoms with Crippen molar-refractivity contribution in [3.63, 3.8) is 0 Å². The summed E-state index contributed by atoms with van der Waals surface area (Å²) in [4.78, 5) is 14.4. The van der Waals surface area contributed by atoms with Crippen LogP contribution in [0.2, 0.25) is 0 Å². The largest absolute Gasteiger partial charge is 0.468 e. The molecule has 1 unspecified atom stereocenters. The average Bonchev–Trinajstić information content (AvgIpc) is 3.48. The molecular formula is C25H39IN6O. The quantitative estimate of drug-likeness (QED) is 0.278. The van der Waals surface area contributed by atoms with Crippen LogP contribution in [0.5, 0.6) is 0 Å². The van der Waals surface area contributed by atoms with Gasteiger partial charge in [0.05, 0.1) is 18.8 Å². The van der Waals surface area contributed by atoms with Gasteiger partial charge in [0.2, 0.25) is 0 Å². The van der Waals surface area contributed by atoms with E-state index in [-0.39, 0.29) is 30.0 Å². The van der Waals surface area contributed by atoms with Crippen LogP contribution >= 0.6 is 24.0 Å². The van der Waals surface area contributed by atoms with Crippen molar-refractivity contribution in [3.05, 3.63) is 48.0 Å². The second kappa shape index (κ2) is 13.8. The zero-order valence-electron chi connectivity index (χ0n) is 19.8. The molecule has 2 saturated heterocycles. The Bertz CT molecular complexity index is 829. The molecule has 2 aliphatic rings. The maximum Gasteiger partial charge on any atom is 0.191 e. The second-order valence-electron chi connectivity index (χ2n) is 8.77. The number of likely N-dealkylation sites (tertiary alicyclic amines) is 1. The van der Waals surface area contributed by atoms with Crippen LogP contribution < -0.4 is 15.5 Å².